The number of halogens is 1. The third kappa shape index (κ3) is 2.92. The molecular formula is C20H19ClN2O3. The molecule has 0 fully saturated rings. The van der Waals surface area contributed by atoms with Crippen LogP contribution in [0, 0.1) is 0 Å². The van der Waals surface area contributed by atoms with Gasteiger partial charge in [-0.2, -0.15) is 0 Å². The Kier molecular flexibility index (Phi) is 4.32. The summed E-state index contributed by atoms with van der Waals surface area (Å²) in [4.78, 5) is 26.9. The molecule has 2 heterocycles. The van der Waals surface area contributed by atoms with E-state index in [0.29, 0.717) is 16.1 Å². The van der Waals surface area contributed by atoms with E-state index in [1.807, 2.05) is 23.1 Å². The normalized spacial score (nSPS) is 16.7. The monoisotopic (exact) mass is 370 g/mol. The zero-order chi connectivity index (χ0) is 18.3. The van der Waals surface area contributed by atoms with Crippen molar-refractivity contribution in [2.45, 2.75) is 38.8 Å². The van der Waals surface area contributed by atoms with Gasteiger partial charge in [-0.1, -0.05) is 29.8 Å². The van der Waals surface area contributed by atoms with Crippen LogP contribution in [0.4, 0.5) is 5.69 Å². The highest BCUT2D eigenvalue weighted by molar-refractivity contribution is 6.31. The van der Waals surface area contributed by atoms with Crippen molar-refractivity contribution in [3.8, 4) is 0 Å². The van der Waals surface area contributed by atoms with Crippen molar-refractivity contribution in [1.82, 2.24) is 4.57 Å². The number of rotatable bonds is 3. The molecule has 0 radical (unpaired) electrons. The van der Waals surface area contributed by atoms with Gasteiger partial charge in [0.1, 0.15) is 0 Å². The number of para-hydroxylation sites is 1. The van der Waals surface area contributed by atoms with Gasteiger partial charge in [0.2, 0.25) is 5.91 Å². The first-order valence-electron chi connectivity index (χ1n) is 8.73. The largest absolute Gasteiger partial charge is 0.419 e. The topological polar surface area (TPSA) is 55.5 Å². The number of hydrogen-bond donors (Lipinski definition) is 0. The van der Waals surface area contributed by atoms with Crippen molar-refractivity contribution in [1.29, 1.82) is 0 Å². The summed E-state index contributed by atoms with van der Waals surface area (Å²) in [7, 11) is 0. The van der Waals surface area contributed by atoms with Crippen LogP contribution in [0.15, 0.2) is 51.7 Å². The van der Waals surface area contributed by atoms with Gasteiger partial charge in [-0.3, -0.25) is 9.36 Å². The highest BCUT2D eigenvalue weighted by Crippen LogP contribution is 2.31. The standard InChI is InChI=1S/C20H19ClN2O3/c1-13-6-7-14-4-2-3-5-16(14)23(13)19(24)10-11-22-17-9-8-15(21)12-18(17)26-20(22)25/h2-5,8-9,12-13H,6-7,10-11H2,1H3. The van der Waals surface area contributed by atoms with Crippen molar-refractivity contribution in [2.75, 3.05) is 4.90 Å². The lowest BCUT2D eigenvalue weighted by atomic mass is 9.96. The van der Waals surface area contributed by atoms with Gasteiger partial charge in [-0.05, 0) is 43.5 Å². The number of oxazole rings is 1. The highest BCUT2D eigenvalue weighted by atomic mass is 35.5. The summed E-state index contributed by atoms with van der Waals surface area (Å²) in [5.74, 6) is -0.456. The van der Waals surface area contributed by atoms with Crippen molar-refractivity contribution in [3.63, 3.8) is 0 Å². The summed E-state index contributed by atoms with van der Waals surface area (Å²) in [6.07, 6.45) is 2.15. The Hall–Kier alpha value is -2.53. The summed E-state index contributed by atoms with van der Waals surface area (Å²) >= 11 is 5.94. The fraction of sp³-hybridized carbons (Fsp3) is 0.300. The molecule has 134 valence electrons. The number of carbonyl (C=O) groups excluding carboxylic acids is 1. The molecule has 2 aromatic carbocycles. The Morgan fingerprint density at radius 1 is 1.27 bits per heavy atom. The summed E-state index contributed by atoms with van der Waals surface area (Å²) in [5, 5.41) is 0.508. The number of hydrogen-bond acceptors (Lipinski definition) is 3. The molecule has 1 amide bonds. The maximum absolute atomic E-state index is 12.9. The van der Waals surface area contributed by atoms with Crippen LogP contribution in [0.5, 0.6) is 0 Å². The fourth-order valence-corrected chi connectivity index (χ4v) is 3.81. The summed E-state index contributed by atoms with van der Waals surface area (Å²) < 4.78 is 6.72. The molecule has 6 heteroatoms. The van der Waals surface area contributed by atoms with Gasteiger partial charge in [-0.25, -0.2) is 4.79 Å². The molecule has 26 heavy (non-hydrogen) atoms. The van der Waals surface area contributed by atoms with Gasteiger partial charge in [0, 0.05) is 35.8 Å². The van der Waals surface area contributed by atoms with Gasteiger partial charge in [-0.15, -0.1) is 0 Å². The molecule has 1 unspecified atom stereocenters. The van der Waals surface area contributed by atoms with Crippen molar-refractivity contribution in [2.24, 2.45) is 0 Å². The number of aromatic nitrogens is 1. The van der Waals surface area contributed by atoms with Crippen molar-refractivity contribution in [3.05, 3.63) is 63.6 Å². The first-order valence-corrected chi connectivity index (χ1v) is 9.11. The fourth-order valence-electron chi connectivity index (χ4n) is 3.65. The van der Waals surface area contributed by atoms with Crippen LogP contribution in [-0.2, 0) is 17.8 Å². The number of amides is 1. The minimum atomic E-state index is -0.470. The molecule has 4 rings (SSSR count). The van der Waals surface area contributed by atoms with Gasteiger partial charge >= 0.3 is 5.76 Å². The second-order valence-electron chi connectivity index (χ2n) is 6.66. The summed E-state index contributed by atoms with van der Waals surface area (Å²) in [6.45, 7) is 2.34. The van der Waals surface area contributed by atoms with Crippen LogP contribution < -0.4 is 10.7 Å². The molecule has 1 aliphatic heterocycles. The quantitative estimate of drug-likeness (QED) is 0.700. The predicted molar refractivity (Wildman–Crippen MR) is 102 cm³/mol. The summed E-state index contributed by atoms with van der Waals surface area (Å²) in [6, 6.07) is 13.2. The van der Waals surface area contributed by atoms with Crippen LogP contribution in [-0.4, -0.2) is 16.5 Å². The average Bonchev–Trinajstić information content (AvgIpc) is 2.93. The lowest BCUT2D eigenvalue weighted by Gasteiger charge is -2.35. The molecule has 1 aliphatic rings. The van der Waals surface area contributed by atoms with E-state index in [1.165, 1.54) is 10.1 Å². The third-order valence-electron chi connectivity index (χ3n) is 4.97. The van der Waals surface area contributed by atoms with Gasteiger partial charge in [0.25, 0.3) is 0 Å². The molecule has 1 atom stereocenters. The van der Waals surface area contributed by atoms with Crippen LogP contribution in [0.25, 0.3) is 11.1 Å². The Bertz CT molecular complexity index is 1040. The molecule has 0 bridgehead atoms. The molecule has 0 saturated carbocycles. The van der Waals surface area contributed by atoms with E-state index in [9.17, 15) is 9.59 Å². The molecule has 0 aliphatic carbocycles. The molecule has 1 aromatic heterocycles. The first kappa shape index (κ1) is 16.9. The second-order valence-corrected chi connectivity index (χ2v) is 7.10. The molecule has 0 saturated heterocycles. The Labute approximate surface area is 155 Å². The minimum Gasteiger partial charge on any atom is -0.408 e. The molecule has 0 N–H and O–H groups in total. The zero-order valence-corrected chi connectivity index (χ0v) is 15.2. The van der Waals surface area contributed by atoms with E-state index in [-0.39, 0.29) is 24.9 Å². The molecular weight excluding hydrogens is 352 g/mol. The van der Waals surface area contributed by atoms with Crippen molar-refractivity contribution >= 4 is 34.3 Å². The number of carbonyl (C=O) groups is 1. The Balaban J connectivity index is 1.58. The van der Waals surface area contributed by atoms with E-state index in [2.05, 4.69) is 13.0 Å². The first-order chi connectivity index (χ1) is 12.5. The Morgan fingerprint density at radius 2 is 2.08 bits per heavy atom. The number of benzene rings is 2. The van der Waals surface area contributed by atoms with Gasteiger partial charge in [0.15, 0.2) is 5.58 Å². The van der Waals surface area contributed by atoms with E-state index < -0.39 is 5.76 Å². The average molecular weight is 371 g/mol. The minimum absolute atomic E-state index is 0.0138. The summed E-state index contributed by atoms with van der Waals surface area (Å²) in [5.41, 5.74) is 3.26. The Morgan fingerprint density at radius 3 is 2.92 bits per heavy atom. The number of anilines is 1. The van der Waals surface area contributed by atoms with E-state index in [1.54, 1.807) is 18.2 Å². The number of aryl methyl sites for hydroxylation is 2. The van der Waals surface area contributed by atoms with E-state index in [0.717, 1.165) is 18.5 Å². The predicted octanol–water partition coefficient (Wildman–Crippen LogP) is 4.01. The van der Waals surface area contributed by atoms with Crippen LogP contribution >= 0.6 is 11.6 Å². The van der Waals surface area contributed by atoms with E-state index >= 15 is 0 Å². The molecule has 0 spiro atoms. The number of nitrogens with zero attached hydrogens (tertiary/aromatic N) is 2. The molecule has 3 aromatic rings. The smallest absolute Gasteiger partial charge is 0.408 e. The highest BCUT2D eigenvalue weighted by Gasteiger charge is 2.27. The lowest BCUT2D eigenvalue weighted by molar-refractivity contribution is -0.119. The lowest BCUT2D eigenvalue weighted by Crippen LogP contribution is -2.42. The zero-order valence-electron chi connectivity index (χ0n) is 14.4. The van der Waals surface area contributed by atoms with E-state index in [4.69, 9.17) is 16.0 Å². The maximum atomic E-state index is 12.9. The van der Waals surface area contributed by atoms with Gasteiger partial charge in [0.05, 0.1) is 5.52 Å². The second kappa shape index (κ2) is 6.65. The number of fused-ring (bicyclic) bond motifs is 2. The van der Waals surface area contributed by atoms with Gasteiger partial charge < -0.3 is 9.32 Å². The van der Waals surface area contributed by atoms with Crippen LogP contribution in [0.2, 0.25) is 5.02 Å². The third-order valence-corrected chi connectivity index (χ3v) is 5.21. The maximum Gasteiger partial charge on any atom is 0.419 e. The van der Waals surface area contributed by atoms with Crippen LogP contribution in [0.3, 0.4) is 0 Å². The van der Waals surface area contributed by atoms with Crippen molar-refractivity contribution < 1.29 is 9.21 Å². The van der Waals surface area contributed by atoms with Crippen LogP contribution in [0.1, 0.15) is 25.3 Å². The SMILES string of the molecule is CC1CCc2ccccc2N1C(=O)CCn1c(=O)oc2cc(Cl)ccc21. The molecule has 5 nitrogen and oxygen atoms in total.